The molecule has 2 aromatic carbocycles. The minimum absolute atomic E-state index is 0.364. The fraction of sp³-hybridized carbons (Fsp3) is 0.100. The molecular weight excluding hydrogens is 302 g/mol. The molecule has 0 aliphatic carbocycles. The third-order valence-corrected chi connectivity index (χ3v) is 4.04. The van der Waals surface area contributed by atoms with Gasteiger partial charge < -0.3 is 9.15 Å². The first kappa shape index (κ1) is 14.5. The lowest BCUT2D eigenvalue weighted by Crippen LogP contribution is -1.98. The molecule has 0 aliphatic rings. The fourth-order valence-corrected chi connectivity index (χ4v) is 2.86. The molecule has 4 heteroatoms. The zero-order valence-electron chi connectivity index (χ0n) is 13.4. The number of hydrogen-bond donors (Lipinski definition) is 0. The molecule has 0 N–H and O–H groups in total. The number of aromatic nitrogens is 1. The molecule has 4 aromatic rings. The smallest absolute Gasteiger partial charge is 0.336 e. The van der Waals surface area contributed by atoms with Crippen LogP contribution in [-0.4, -0.2) is 4.98 Å². The molecule has 0 bridgehead atoms. The summed E-state index contributed by atoms with van der Waals surface area (Å²) in [7, 11) is 0. The van der Waals surface area contributed by atoms with Crippen LogP contribution in [0, 0.1) is 13.8 Å². The Bertz CT molecular complexity index is 1130. The minimum Gasteiger partial charge on any atom is -0.439 e. The second-order valence-corrected chi connectivity index (χ2v) is 5.80. The van der Waals surface area contributed by atoms with Gasteiger partial charge in [-0.3, -0.25) is 0 Å². The largest absolute Gasteiger partial charge is 0.439 e. The van der Waals surface area contributed by atoms with Crippen molar-refractivity contribution < 1.29 is 9.15 Å². The summed E-state index contributed by atoms with van der Waals surface area (Å²) in [6.45, 7) is 3.91. The Balaban J connectivity index is 1.78. The van der Waals surface area contributed by atoms with Gasteiger partial charge in [0.25, 0.3) is 0 Å². The number of rotatable bonds is 2. The summed E-state index contributed by atoms with van der Waals surface area (Å²) in [6, 6.07) is 16.8. The zero-order valence-corrected chi connectivity index (χ0v) is 13.4. The first-order valence-electron chi connectivity index (χ1n) is 7.69. The van der Waals surface area contributed by atoms with E-state index in [0.29, 0.717) is 17.2 Å². The first-order chi connectivity index (χ1) is 11.6. The van der Waals surface area contributed by atoms with Crippen molar-refractivity contribution in [3.05, 3.63) is 76.1 Å². The van der Waals surface area contributed by atoms with Crippen molar-refractivity contribution in [3.8, 4) is 11.6 Å². The second kappa shape index (κ2) is 5.49. The highest BCUT2D eigenvalue weighted by Crippen LogP contribution is 2.28. The Morgan fingerprint density at radius 3 is 2.58 bits per heavy atom. The van der Waals surface area contributed by atoms with Gasteiger partial charge in [0.05, 0.1) is 5.52 Å². The standard InChI is InChI=1S/C20H15NO3/c1-12-9-19(21-17-6-4-3-5-15(12)17)23-14-7-8-16-13(2)10-20(22)24-18(16)11-14/h3-11H,1-2H3. The lowest BCUT2D eigenvalue weighted by molar-refractivity contribution is 0.463. The summed E-state index contributed by atoms with van der Waals surface area (Å²) in [6.07, 6.45) is 0. The Morgan fingerprint density at radius 1 is 0.917 bits per heavy atom. The van der Waals surface area contributed by atoms with Crippen LogP contribution >= 0.6 is 0 Å². The number of hydrogen-bond acceptors (Lipinski definition) is 4. The van der Waals surface area contributed by atoms with Gasteiger partial charge in [-0.15, -0.1) is 0 Å². The number of pyridine rings is 1. The Hall–Kier alpha value is -3.14. The van der Waals surface area contributed by atoms with E-state index in [-0.39, 0.29) is 5.63 Å². The van der Waals surface area contributed by atoms with E-state index in [0.717, 1.165) is 27.4 Å². The number of aryl methyl sites for hydroxylation is 2. The summed E-state index contributed by atoms with van der Waals surface area (Å²) in [5.41, 5.74) is 3.01. The molecule has 0 radical (unpaired) electrons. The topological polar surface area (TPSA) is 52.3 Å². The van der Waals surface area contributed by atoms with Gasteiger partial charge in [0.15, 0.2) is 0 Å². The number of nitrogens with zero attached hydrogens (tertiary/aromatic N) is 1. The fourth-order valence-electron chi connectivity index (χ4n) is 2.86. The SMILES string of the molecule is Cc1cc(Oc2ccc3c(C)cc(=O)oc3c2)nc2ccccc12. The van der Waals surface area contributed by atoms with Crippen LogP contribution in [0.3, 0.4) is 0 Å². The molecule has 0 saturated heterocycles. The van der Waals surface area contributed by atoms with E-state index in [9.17, 15) is 4.79 Å². The maximum Gasteiger partial charge on any atom is 0.336 e. The molecule has 4 rings (SSSR count). The van der Waals surface area contributed by atoms with Gasteiger partial charge in [0.2, 0.25) is 5.88 Å². The number of benzene rings is 2. The first-order valence-corrected chi connectivity index (χ1v) is 7.69. The Morgan fingerprint density at radius 2 is 1.71 bits per heavy atom. The van der Waals surface area contributed by atoms with Crippen LogP contribution in [0.1, 0.15) is 11.1 Å². The molecule has 0 atom stereocenters. The molecular formula is C20H15NO3. The lowest BCUT2D eigenvalue weighted by atomic mass is 10.1. The molecule has 2 aromatic heterocycles. The zero-order chi connectivity index (χ0) is 16.7. The van der Waals surface area contributed by atoms with Crippen LogP contribution in [0.25, 0.3) is 21.9 Å². The number of ether oxygens (including phenoxy) is 1. The Kier molecular flexibility index (Phi) is 3.31. The maximum atomic E-state index is 11.5. The predicted molar refractivity (Wildman–Crippen MR) is 93.8 cm³/mol. The quantitative estimate of drug-likeness (QED) is 0.501. The molecule has 0 spiro atoms. The van der Waals surface area contributed by atoms with Crippen molar-refractivity contribution in [1.82, 2.24) is 4.98 Å². The third kappa shape index (κ3) is 2.52. The van der Waals surface area contributed by atoms with Crippen molar-refractivity contribution in [1.29, 1.82) is 0 Å². The van der Waals surface area contributed by atoms with Gasteiger partial charge in [-0.25, -0.2) is 9.78 Å². The van der Waals surface area contributed by atoms with Gasteiger partial charge in [-0.2, -0.15) is 0 Å². The van der Waals surface area contributed by atoms with Crippen LogP contribution in [0.5, 0.6) is 11.6 Å². The molecule has 4 nitrogen and oxygen atoms in total. The van der Waals surface area contributed by atoms with Crippen LogP contribution in [0.15, 0.2) is 63.8 Å². The van der Waals surface area contributed by atoms with Gasteiger partial charge in [0.1, 0.15) is 11.3 Å². The molecule has 0 amide bonds. The van der Waals surface area contributed by atoms with E-state index >= 15 is 0 Å². The van der Waals surface area contributed by atoms with E-state index in [4.69, 9.17) is 9.15 Å². The highest BCUT2D eigenvalue weighted by molar-refractivity contribution is 5.83. The van der Waals surface area contributed by atoms with Crippen LogP contribution in [-0.2, 0) is 0 Å². The normalized spacial score (nSPS) is 11.1. The van der Waals surface area contributed by atoms with Gasteiger partial charge in [-0.05, 0) is 43.2 Å². The highest BCUT2D eigenvalue weighted by atomic mass is 16.5. The van der Waals surface area contributed by atoms with Gasteiger partial charge >= 0.3 is 5.63 Å². The van der Waals surface area contributed by atoms with Crippen molar-refractivity contribution in [2.45, 2.75) is 13.8 Å². The molecule has 118 valence electrons. The third-order valence-electron chi connectivity index (χ3n) is 4.04. The van der Waals surface area contributed by atoms with Crippen molar-refractivity contribution in [3.63, 3.8) is 0 Å². The molecule has 0 unspecified atom stereocenters. The van der Waals surface area contributed by atoms with E-state index < -0.39 is 0 Å². The summed E-state index contributed by atoms with van der Waals surface area (Å²) >= 11 is 0. The van der Waals surface area contributed by atoms with Crippen LogP contribution in [0.4, 0.5) is 0 Å². The van der Waals surface area contributed by atoms with E-state index in [1.807, 2.05) is 56.3 Å². The van der Waals surface area contributed by atoms with Gasteiger partial charge in [0, 0.05) is 29.0 Å². The predicted octanol–water partition coefficient (Wildman–Crippen LogP) is 4.75. The minimum atomic E-state index is -0.364. The van der Waals surface area contributed by atoms with E-state index in [1.165, 1.54) is 6.07 Å². The number of para-hydroxylation sites is 1. The molecule has 24 heavy (non-hydrogen) atoms. The van der Waals surface area contributed by atoms with Crippen molar-refractivity contribution in [2.75, 3.05) is 0 Å². The summed E-state index contributed by atoms with van der Waals surface area (Å²) in [5, 5.41) is 1.99. The van der Waals surface area contributed by atoms with E-state index in [1.54, 1.807) is 6.07 Å². The maximum absolute atomic E-state index is 11.5. The molecule has 2 heterocycles. The summed E-state index contributed by atoms with van der Waals surface area (Å²) in [4.78, 5) is 16.1. The Labute approximate surface area is 138 Å². The molecule has 0 fully saturated rings. The number of fused-ring (bicyclic) bond motifs is 2. The van der Waals surface area contributed by atoms with Crippen LogP contribution in [0.2, 0.25) is 0 Å². The highest BCUT2D eigenvalue weighted by Gasteiger charge is 2.07. The molecule has 0 saturated carbocycles. The monoisotopic (exact) mass is 317 g/mol. The van der Waals surface area contributed by atoms with Crippen molar-refractivity contribution in [2.24, 2.45) is 0 Å². The molecule has 0 aliphatic heterocycles. The van der Waals surface area contributed by atoms with Crippen LogP contribution < -0.4 is 10.4 Å². The average molecular weight is 317 g/mol. The van der Waals surface area contributed by atoms with Crippen molar-refractivity contribution >= 4 is 21.9 Å². The average Bonchev–Trinajstić information content (AvgIpc) is 2.54. The summed E-state index contributed by atoms with van der Waals surface area (Å²) < 4.78 is 11.1. The second-order valence-electron chi connectivity index (χ2n) is 5.80. The summed E-state index contributed by atoms with van der Waals surface area (Å²) in [5.74, 6) is 1.10. The van der Waals surface area contributed by atoms with E-state index in [2.05, 4.69) is 4.98 Å². The van der Waals surface area contributed by atoms with Gasteiger partial charge in [-0.1, -0.05) is 18.2 Å². The lowest BCUT2D eigenvalue weighted by Gasteiger charge is -2.09.